The van der Waals surface area contributed by atoms with E-state index in [1.54, 1.807) is 12.1 Å². The summed E-state index contributed by atoms with van der Waals surface area (Å²) in [4.78, 5) is 0. The third-order valence-electron chi connectivity index (χ3n) is 4.47. The molecule has 2 heteroatoms. The first-order chi connectivity index (χ1) is 9.79. The molecule has 0 aromatic heterocycles. The molecule has 1 atom stereocenters. The minimum absolute atomic E-state index is 0.0422. The van der Waals surface area contributed by atoms with Crippen LogP contribution in [0.2, 0.25) is 0 Å². The van der Waals surface area contributed by atoms with Gasteiger partial charge in [0.15, 0.2) is 0 Å². The van der Waals surface area contributed by atoms with Gasteiger partial charge in [-0.1, -0.05) is 50.8 Å². The summed E-state index contributed by atoms with van der Waals surface area (Å²) in [6.45, 7) is 4.28. The van der Waals surface area contributed by atoms with Crippen molar-refractivity contribution in [3.8, 4) is 0 Å². The Morgan fingerprint density at radius 2 is 2.00 bits per heavy atom. The first-order valence-corrected chi connectivity index (χ1v) is 8.23. The third kappa shape index (κ3) is 4.90. The number of benzene rings is 1. The Bertz CT molecular complexity index is 385. The zero-order valence-electron chi connectivity index (χ0n) is 12.7. The van der Waals surface area contributed by atoms with E-state index in [1.807, 2.05) is 12.1 Å². The van der Waals surface area contributed by atoms with Crippen molar-refractivity contribution in [2.45, 2.75) is 51.9 Å². The molecule has 1 saturated carbocycles. The summed E-state index contributed by atoms with van der Waals surface area (Å²) >= 11 is 0. The van der Waals surface area contributed by atoms with Crippen LogP contribution in [0.4, 0.5) is 4.39 Å². The van der Waals surface area contributed by atoms with Crippen molar-refractivity contribution in [3.63, 3.8) is 0 Å². The molecule has 20 heavy (non-hydrogen) atoms. The lowest BCUT2D eigenvalue weighted by Crippen LogP contribution is -2.26. The Labute approximate surface area is 123 Å². The van der Waals surface area contributed by atoms with Gasteiger partial charge in [0.05, 0.1) is 0 Å². The van der Waals surface area contributed by atoms with Crippen LogP contribution in [0.25, 0.3) is 0 Å². The Hall–Kier alpha value is -0.890. The van der Waals surface area contributed by atoms with E-state index in [9.17, 15) is 4.39 Å². The van der Waals surface area contributed by atoms with Gasteiger partial charge < -0.3 is 5.32 Å². The quantitative estimate of drug-likeness (QED) is 0.687. The molecule has 0 heterocycles. The lowest BCUT2D eigenvalue weighted by atomic mass is 9.88. The van der Waals surface area contributed by atoms with E-state index in [4.69, 9.17) is 0 Å². The molecule has 2 rings (SSSR count). The van der Waals surface area contributed by atoms with Gasteiger partial charge in [-0.25, -0.2) is 4.39 Å². The molecule has 1 aromatic carbocycles. The zero-order chi connectivity index (χ0) is 14.2. The number of halogens is 1. The summed E-state index contributed by atoms with van der Waals surface area (Å²) in [5.74, 6) is 1.40. The second kappa shape index (κ2) is 8.41. The van der Waals surface area contributed by atoms with Crippen molar-refractivity contribution in [2.24, 2.45) is 11.8 Å². The molecule has 0 saturated heterocycles. The molecule has 0 spiro atoms. The summed E-state index contributed by atoms with van der Waals surface area (Å²) in [7, 11) is 0. The fourth-order valence-corrected chi connectivity index (χ4v) is 3.41. The Morgan fingerprint density at radius 1 is 1.25 bits per heavy atom. The molecule has 1 N–H and O–H groups in total. The minimum Gasteiger partial charge on any atom is -0.316 e. The second-order valence-electron chi connectivity index (χ2n) is 6.25. The maximum Gasteiger partial charge on any atom is 0.126 e. The zero-order valence-corrected chi connectivity index (χ0v) is 12.7. The van der Waals surface area contributed by atoms with Crippen LogP contribution in [0.1, 0.15) is 51.0 Å². The Kier molecular flexibility index (Phi) is 6.52. The van der Waals surface area contributed by atoms with Crippen LogP contribution in [-0.4, -0.2) is 13.1 Å². The highest BCUT2D eigenvalue weighted by atomic mass is 19.1. The summed E-state index contributed by atoms with van der Waals surface area (Å²) in [5, 5.41) is 3.53. The fourth-order valence-electron chi connectivity index (χ4n) is 3.41. The molecule has 1 nitrogen and oxygen atoms in total. The van der Waals surface area contributed by atoms with Crippen molar-refractivity contribution in [2.75, 3.05) is 13.1 Å². The van der Waals surface area contributed by atoms with E-state index >= 15 is 0 Å². The standard InChI is InChI=1S/C18H28FN/c1-2-11-20-14-16(12-15-7-3-4-8-15)13-17-9-5-6-10-18(17)19/h5-6,9-10,15-16,20H,2-4,7-8,11-14H2,1H3. The van der Waals surface area contributed by atoms with Gasteiger partial charge in [-0.3, -0.25) is 0 Å². The predicted molar refractivity (Wildman–Crippen MR) is 83.3 cm³/mol. The summed E-state index contributed by atoms with van der Waals surface area (Å²) < 4.78 is 13.8. The molecule has 0 aliphatic heterocycles. The van der Waals surface area contributed by atoms with E-state index < -0.39 is 0 Å². The molecule has 1 aromatic rings. The van der Waals surface area contributed by atoms with Crippen LogP contribution in [-0.2, 0) is 6.42 Å². The van der Waals surface area contributed by atoms with Gasteiger partial charge in [-0.2, -0.15) is 0 Å². The largest absolute Gasteiger partial charge is 0.316 e. The topological polar surface area (TPSA) is 12.0 Å². The van der Waals surface area contributed by atoms with E-state index in [-0.39, 0.29) is 5.82 Å². The van der Waals surface area contributed by atoms with Crippen LogP contribution >= 0.6 is 0 Å². The molecule has 112 valence electrons. The number of hydrogen-bond acceptors (Lipinski definition) is 1. The summed E-state index contributed by atoms with van der Waals surface area (Å²) in [6.07, 6.45) is 8.82. The van der Waals surface area contributed by atoms with Gasteiger partial charge in [0.1, 0.15) is 5.82 Å². The second-order valence-corrected chi connectivity index (χ2v) is 6.25. The SMILES string of the molecule is CCCNCC(Cc1ccccc1F)CC1CCCC1. The molecule has 1 unspecified atom stereocenters. The fraction of sp³-hybridized carbons (Fsp3) is 0.667. The maximum absolute atomic E-state index is 13.8. The van der Waals surface area contributed by atoms with Gasteiger partial charge >= 0.3 is 0 Å². The van der Waals surface area contributed by atoms with Crippen LogP contribution < -0.4 is 5.32 Å². The maximum atomic E-state index is 13.8. The van der Waals surface area contributed by atoms with Crippen molar-refractivity contribution in [3.05, 3.63) is 35.6 Å². The summed E-state index contributed by atoms with van der Waals surface area (Å²) in [5.41, 5.74) is 0.883. The number of rotatable bonds is 8. The third-order valence-corrected chi connectivity index (χ3v) is 4.47. The Balaban J connectivity index is 1.92. The predicted octanol–water partition coefficient (Wildman–Crippen LogP) is 4.56. The van der Waals surface area contributed by atoms with Crippen LogP contribution in [0.15, 0.2) is 24.3 Å². The van der Waals surface area contributed by atoms with Gasteiger partial charge in [0.2, 0.25) is 0 Å². The normalized spacial score (nSPS) is 17.5. The summed E-state index contributed by atoms with van der Waals surface area (Å²) in [6, 6.07) is 7.25. The molecule has 0 radical (unpaired) electrons. The minimum atomic E-state index is -0.0422. The van der Waals surface area contributed by atoms with E-state index in [2.05, 4.69) is 12.2 Å². The first-order valence-electron chi connectivity index (χ1n) is 8.23. The average molecular weight is 277 g/mol. The highest BCUT2D eigenvalue weighted by Gasteiger charge is 2.21. The molecule has 0 bridgehead atoms. The average Bonchev–Trinajstić information content (AvgIpc) is 2.94. The lowest BCUT2D eigenvalue weighted by molar-refractivity contribution is 0.354. The van der Waals surface area contributed by atoms with Crippen LogP contribution in [0, 0.1) is 17.7 Å². The lowest BCUT2D eigenvalue weighted by Gasteiger charge is -2.21. The van der Waals surface area contributed by atoms with Crippen molar-refractivity contribution in [1.29, 1.82) is 0 Å². The van der Waals surface area contributed by atoms with Crippen LogP contribution in [0.5, 0.6) is 0 Å². The van der Waals surface area contributed by atoms with Crippen molar-refractivity contribution in [1.82, 2.24) is 5.32 Å². The van der Waals surface area contributed by atoms with E-state index in [0.29, 0.717) is 5.92 Å². The van der Waals surface area contributed by atoms with Crippen molar-refractivity contribution < 1.29 is 4.39 Å². The van der Waals surface area contributed by atoms with Gasteiger partial charge in [0, 0.05) is 0 Å². The van der Waals surface area contributed by atoms with E-state index in [1.165, 1.54) is 32.1 Å². The van der Waals surface area contributed by atoms with E-state index in [0.717, 1.165) is 37.4 Å². The molecular formula is C18H28FN. The van der Waals surface area contributed by atoms with Gasteiger partial charge in [-0.15, -0.1) is 0 Å². The highest BCUT2D eigenvalue weighted by Crippen LogP contribution is 2.31. The van der Waals surface area contributed by atoms with Crippen molar-refractivity contribution >= 4 is 0 Å². The first kappa shape index (κ1) is 15.5. The monoisotopic (exact) mass is 277 g/mol. The smallest absolute Gasteiger partial charge is 0.126 e. The molecule has 1 aliphatic carbocycles. The highest BCUT2D eigenvalue weighted by molar-refractivity contribution is 5.17. The molecule has 0 amide bonds. The molecule has 1 fully saturated rings. The Morgan fingerprint density at radius 3 is 2.70 bits per heavy atom. The van der Waals surface area contributed by atoms with Gasteiger partial charge in [0.25, 0.3) is 0 Å². The van der Waals surface area contributed by atoms with Crippen LogP contribution in [0.3, 0.4) is 0 Å². The van der Waals surface area contributed by atoms with Gasteiger partial charge in [-0.05, 0) is 55.8 Å². The number of nitrogens with one attached hydrogen (secondary N) is 1. The molecule has 1 aliphatic rings. The molecular weight excluding hydrogens is 249 g/mol. The number of hydrogen-bond donors (Lipinski definition) is 1.